The molecule has 1 aliphatic carbocycles. The molecular formula is C11H16N2O3. The number of rotatable bonds is 3. The Bertz CT molecular complexity index is 318. The third kappa shape index (κ3) is 3.25. The van der Waals surface area contributed by atoms with Crippen LogP contribution < -0.4 is 10.1 Å². The fourth-order valence-electron chi connectivity index (χ4n) is 2.00. The summed E-state index contributed by atoms with van der Waals surface area (Å²) in [6.45, 7) is 0.687. The molecule has 1 fully saturated rings. The van der Waals surface area contributed by atoms with Gasteiger partial charge >= 0.3 is 12.0 Å². The van der Waals surface area contributed by atoms with Crippen LogP contribution in [0.1, 0.15) is 32.1 Å². The predicted octanol–water partition coefficient (Wildman–Crippen LogP) is 2.34. The van der Waals surface area contributed by atoms with Gasteiger partial charge in [-0.15, -0.1) is 0 Å². The molecular weight excluding hydrogens is 208 g/mol. The maximum Gasteiger partial charge on any atom is 0.415 e. The summed E-state index contributed by atoms with van der Waals surface area (Å²) in [4.78, 5) is 15.0. The van der Waals surface area contributed by atoms with E-state index in [-0.39, 0.29) is 5.95 Å². The first-order valence-electron chi connectivity index (χ1n) is 5.69. The molecule has 1 aliphatic rings. The van der Waals surface area contributed by atoms with Crippen LogP contribution in [-0.4, -0.2) is 17.6 Å². The first-order valence-corrected chi connectivity index (χ1v) is 5.69. The van der Waals surface area contributed by atoms with Crippen LogP contribution >= 0.6 is 0 Å². The number of hydrogen-bond donors (Lipinski definition) is 1. The zero-order valence-electron chi connectivity index (χ0n) is 9.15. The van der Waals surface area contributed by atoms with Crippen molar-refractivity contribution < 1.29 is 13.9 Å². The van der Waals surface area contributed by atoms with E-state index in [9.17, 15) is 4.79 Å². The van der Waals surface area contributed by atoms with Crippen LogP contribution in [0.2, 0.25) is 0 Å². The van der Waals surface area contributed by atoms with Crippen molar-refractivity contribution in [3.05, 3.63) is 12.6 Å². The maximum absolute atomic E-state index is 11.3. The number of amides is 1. The normalized spacial score (nSPS) is 17.0. The molecule has 0 bridgehead atoms. The number of nitrogens with zero attached hydrogens (tertiary/aromatic N) is 1. The highest BCUT2D eigenvalue weighted by Crippen LogP contribution is 2.22. The number of aromatic nitrogens is 1. The largest absolute Gasteiger partial charge is 0.415 e. The molecule has 2 rings (SSSR count). The van der Waals surface area contributed by atoms with Crippen molar-refractivity contribution in [2.75, 3.05) is 6.54 Å². The number of oxazole rings is 1. The van der Waals surface area contributed by atoms with E-state index in [4.69, 9.17) is 9.15 Å². The Morgan fingerprint density at radius 2 is 2.31 bits per heavy atom. The van der Waals surface area contributed by atoms with E-state index < -0.39 is 6.09 Å². The Balaban J connectivity index is 1.67. The lowest BCUT2D eigenvalue weighted by atomic mass is 9.89. The van der Waals surface area contributed by atoms with Crippen molar-refractivity contribution >= 4 is 6.09 Å². The number of hydrogen-bond acceptors (Lipinski definition) is 4. The zero-order chi connectivity index (χ0) is 11.2. The molecule has 1 N–H and O–H groups in total. The van der Waals surface area contributed by atoms with Crippen molar-refractivity contribution in [2.24, 2.45) is 5.92 Å². The van der Waals surface area contributed by atoms with E-state index in [0.717, 1.165) is 0 Å². The second kappa shape index (κ2) is 5.53. The quantitative estimate of drug-likeness (QED) is 0.855. The molecule has 5 heteroatoms. The summed E-state index contributed by atoms with van der Waals surface area (Å²) in [5.74, 6) is 0.720. The van der Waals surface area contributed by atoms with Gasteiger partial charge in [-0.2, -0.15) is 0 Å². The molecule has 88 valence electrons. The van der Waals surface area contributed by atoms with Crippen molar-refractivity contribution in [1.82, 2.24) is 10.3 Å². The van der Waals surface area contributed by atoms with Crippen LogP contribution in [0, 0.1) is 5.92 Å². The lowest BCUT2D eigenvalue weighted by Crippen LogP contribution is -2.32. The van der Waals surface area contributed by atoms with Gasteiger partial charge in [-0.25, -0.2) is 9.78 Å². The summed E-state index contributed by atoms with van der Waals surface area (Å²) in [7, 11) is 0. The fourth-order valence-corrected chi connectivity index (χ4v) is 2.00. The summed E-state index contributed by atoms with van der Waals surface area (Å²) >= 11 is 0. The highest BCUT2D eigenvalue weighted by Gasteiger charge is 2.15. The van der Waals surface area contributed by atoms with Gasteiger partial charge < -0.3 is 14.5 Å². The average Bonchev–Trinajstić information content (AvgIpc) is 2.81. The molecule has 5 nitrogen and oxygen atoms in total. The van der Waals surface area contributed by atoms with Crippen molar-refractivity contribution in [3.8, 4) is 5.95 Å². The summed E-state index contributed by atoms with van der Waals surface area (Å²) in [5, 5.41) is 2.74. The monoisotopic (exact) mass is 224 g/mol. The highest BCUT2D eigenvalue weighted by atomic mass is 16.6. The van der Waals surface area contributed by atoms with Gasteiger partial charge in [-0.3, -0.25) is 0 Å². The Kier molecular flexibility index (Phi) is 3.80. The van der Waals surface area contributed by atoms with Crippen molar-refractivity contribution in [2.45, 2.75) is 32.1 Å². The minimum atomic E-state index is -0.470. The van der Waals surface area contributed by atoms with Gasteiger partial charge in [-0.05, 0) is 18.8 Å². The third-order valence-electron chi connectivity index (χ3n) is 2.86. The first-order chi connectivity index (χ1) is 7.84. The SMILES string of the molecule is O=C(NCC1CCCCC1)Oc1cnco1. The van der Waals surface area contributed by atoms with Crippen LogP contribution in [0.5, 0.6) is 5.95 Å². The molecule has 0 unspecified atom stereocenters. The number of carbonyl (C=O) groups excluding carboxylic acids is 1. The van der Waals surface area contributed by atoms with Gasteiger partial charge in [0.25, 0.3) is 0 Å². The minimum absolute atomic E-state index is 0.126. The Hall–Kier alpha value is -1.52. The van der Waals surface area contributed by atoms with Crippen LogP contribution in [0.4, 0.5) is 4.79 Å². The summed E-state index contributed by atoms with van der Waals surface area (Å²) in [5.41, 5.74) is 0. The van der Waals surface area contributed by atoms with Crippen LogP contribution in [-0.2, 0) is 0 Å². The summed E-state index contributed by atoms with van der Waals surface area (Å²) in [6.07, 6.45) is 8.36. The lowest BCUT2D eigenvalue weighted by Gasteiger charge is -2.21. The highest BCUT2D eigenvalue weighted by molar-refractivity contribution is 5.69. The molecule has 0 aromatic carbocycles. The fraction of sp³-hybridized carbons (Fsp3) is 0.636. The molecule has 1 amide bonds. The van der Waals surface area contributed by atoms with Crippen molar-refractivity contribution in [3.63, 3.8) is 0 Å². The number of carbonyl (C=O) groups is 1. The van der Waals surface area contributed by atoms with E-state index >= 15 is 0 Å². The van der Waals surface area contributed by atoms with Crippen molar-refractivity contribution in [1.29, 1.82) is 0 Å². The lowest BCUT2D eigenvalue weighted by molar-refractivity contribution is 0.183. The van der Waals surface area contributed by atoms with Gasteiger partial charge in [-0.1, -0.05) is 19.3 Å². The van der Waals surface area contributed by atoms with Gasteiger partial charge in [0.05, 0.1) is 0 Å². The van der Waals surface area contributed by atoms with E-state index in [2.05, 4.69) is 10.3 Å². The maximum atomic E-state index is 11.3. The van der Waals surface area contributed by atoms with E-state index in [0.29, 0.717) is 12.5 Å². The van der Waals surface area contributed by atoms with Crippen LogP contribution in [0.15, 0.2) is 17.0 Å². The minimum Gasteiger partial charge on any atom is -0.413 e. The van der Waals surface area contributed by atoms with E-state index in [1.54, 1.807) is 0 Å². The standard InChI is InChI=1S/C11H16N2O3/c14-11(16-10-7-12-8-15-10)13-6-9-4-2-1-3-5-9/h7-9H,1-6H2,(H,13,14). The molecule has 1 saturated carbocycles. The van der Waals surface area contributed by atoms with Crippen LogP contribution in [0.3, 0.4) is 0 Å². The molecule has 0 radical (unpaired) electrons. The summed E-state index contributed by atoms with van der Waals surface area (Å²) < 4.78 is 9.67. The smallest absolute Gasteiger partial charge is 0.413 e. The second-order valence-corrected chi connectivity index (χ2v) is 4.09. The molecule has 0 atom stereocenters. The Morgan fingerprint density at radius 3 is 3.00 bits per heavy atom. The molecule has 16 heavy (non-hydrogen) atoms. The van der Waals surface area contributed by atoms with E-state index in [1.165, 1.54) is 44.7 Å². The molecule has 1 aromatic heterocycles. The van der Waals surface area contributed by atoms with E-state index in [1.807, 2.05) is 0 Å². The van der Waals surface area contributed by atoms with Gasteiger partial charge in [0.1, 0.15) is 6.20 Å². The molecule has 0 spiro atoms. The van der Waals surface area contributed by atoms with Gasteiger partial charge in [0, 0.05) is 6.54 Å². The Morgan fingerprint density at radius 1 is 1.50 bits per heavy atom. The predicted molar refractivity (Wildman–Crippen MR) is 57.1 cm³/mol. The molecule has 1 aromatic rings. The number of nitrogens with one attached hydrogen (secondary N) is 1. The average molecular weight is 224 g/mol. The topological polar surface area (TPSA) is 64.4 Å². The first kappa shape index (κ1) is 11.0. The Labute approximate surface area is 94.2 Å². The van der Waals surface area contributed by atoms with Crippen LogP contribution in [0.25, 0.3) is 0 Å². The molecule has 0 saturated heterocycles. The third-order valence-corrected chi connectivity index (χ3v) is 2.86. The molecule has 0 aliphatic heterocycles. The number of ether oxygens (including phenoxy) is 1. The second-order valence-electron chi connectivity index (χ2n) is 4.09. The van der Waals surface area contributed by atoms with Gasteiger partial charge in [0.15, 0.2) is 6.39 Å². The zero-order valence-corrected chi connectivity index (χ0v) is 9.15. The molecule has 1 heterocycles. The van der Waals surface area contributed by atoms with Gasteiger partial charge in [0.2, 0.25) is 0 Å². The summed E-state index contributed by atoms with van der Waals surface area (Å²) in [6, 6.07) is 0.